The Morgan fingerprint density at radius 2 is 2.06 bits per heavy atom. The van der Waals surface area contributed by atoms with Crippen molar-refractivity contribution in [1.82, 2.24) is 4.72 Å². The van der Waals surface area contributed by atoms with Crippen molar-refractivity contribution in [2.75, 3.05) is 6.61 Å². The highest BCUT2D eigenvalue weighted by atomic mass is 35.5. The van der Waals surface area contributed by atoms with Gasteiger partial charge >= 0.3 is 0 Å². The maximum absolute atomic E-state index is 12.0. The van der Waals surface area contributed by atoms with E-state index in [2.05, 4.69) is 4.72 Å². The third-order valence-electron chi connectivity index (χ3n) is 2.25. The summed E-state index contributed by atoms with van der Waals surface area (Å²) in [7, 11) is -3.61. The lowest BCUT2D eigenvalue weighted by molar-refractivity contribution is 0.246. The van der Waals surface area contributed by atoms with Crippen molar-refractivity contribution in [2.45, 2.75) is 30.7 Å². The SMILES string of the molecule is CC(C)(CCO)NS(=O)(=O)c1cccc(Cl)c1. The number of nitrogens with one attached hydrogen (secondary N) is 1. The molecule has 0 aliphatic rings. The Morgan fingerprint density at radius 1 is 1.41 bits per heavy atom. The van der Waals surface area contributed by atoms with E-state index in [-0.39, 0.29) is 11.5 Å². The normalized spacial score (nSPS) is 12.7. The highest BCUT2D eigenvalue weighted by molar-refractivity contribution is 7.89. The number of sulfonamides is 1. The summed E-state index contributed by atoms with van der Waals surface area (Å²) >= 11 is 5.75. The Morgan fingerprint density at radius 3 is 2.59 bits per heavy atom. The zero-order valence-corrected chi connectivity index (χ0v) is 11.3. The highest BCUT2D eigenvalue weighted by Gasteiger charge is 2.25. The molecule has 0 amide bonds. The quantitative estimate of drug-likeness (QED) is 0.862. The Balaban J connectivity index is 2.97. The van der Waals surface area contributed by atoms with Crippen LogP contribution < -0.4 is 4.72 Å². The van der Waals surface area contributed by atoms with E-state index in [1.165, 1.54) is 12.1 Å². The van der Waals surface area contributed by atoms with Crippen LogP contribution in [0.3, 0.4) is 0 Å². The largest absolute Gasteiger partial charge is 0.396 e. The molecule has 1 aromatic carbocycles. The minimum atomic E-state index is -3.61. The van der Waals surface area contributed by atoms with Crippen LogP contribution in [0.25, 0.3) is 0 Å². The molecule has 0 saturated heterocycles. The topological polar surface area (TPSA) is 66.4 Å². The van der Waals surface area contributed by atoms with Crippen LogP contribution in [0.4, 0.5) is 0 Å². The van der Waals surface area contributed by atoms with Crippen LogP contribution in [-0.4, -0.2) is 25.7 Å². The minimum Gasteiger partial charge on any atom is -0.396 e. The monoisotopic (exact) mass is 277 g/mol. The van der Waals surface area contributed by atoms with Gasteiger partial charge in [0, 0.05) is 17.2 Å². The number of hydrogen-bond donors (Lipinski definition) is 2. The summed E-state index contributed by atoms with van der Waals surface area (Å²) in [5.41, 5.74) is -0.699. The van der Waals surface area contributed by atoms with E-state index < -0.39 is 15.6 Å². The van der Waals surface area contributed by atoms with Crippen LogP contribution >= 0.6 is 11.6 Å². The van der Waals surface area contributed by atoms with Gasteiger partial charge in [0.25, 0.3) is 0 Å². The average molecular weight is 278 g/mol. The molecule has 1 aromatic rings. The van der Waals surface area contributed by atoms with Crippen LogP contribution in [0, 0.1) is 0 Å². The molecule has 17 heavy (non-hydrogen) atoms. The van der Waals surface area contributed by atoms with Crippen LogP contribution in [-0.2, 0) is 10.0 Å². The Kier molecular flexibility index (Phi) is 4.55. The summed E-state index contributed by atoms with van der Waals surface area (Å²) in [6, 6.07) is 6.05. The van der Waals surface area contributed by atoms with Gasteiger partial charge in [-0.1, -0.05) is 17.7 Å². The molecule has 0 atom stereocenters. The first kappa shape index (κ1) is 14.4. The lowest BCUT2D eigenvalue weighted by Gasteiger charge is -2.25. The molecule has 0 aliphatic carbocycles. The van der Waals surface area contributed by atoms with E-state index in [1.54, 1.807) is 26.0 Å². The van der Waals surface area contributed by atoms with Crippen LogP contribution in [0.15, 0.2) is 29.2 Å². The smallest absolute Gasteiger partial charge is 0.241 e. The van der Waals surface area contributed by atoms with E-state index >= 15 is 0 Å². The molecule has 0 aromatic heterocycles. The fourth-order valence-electron chi connectivity index (χ4n) is 1.39. The third kappa shape index (κ3) is 4.27. The molecular formula is C11H16ClNO3S. The van der Waals surface area contributed by atoms with E-state index in [0.717, 1.165) is 0 Å². The van der Waals surface area contributed by atoms with Crippen molar-refractivity contribution < 1.29 is 13.5 Å². The number of rotatable bonds is 5. The van der Waals surface area contributed by atoms with Crippen molar-refractivity contribution in [3.63, 3.8) is 0 Å². The van der Waals surface area contributed by atoms with Gasteiger partial charge in [0.15, 0.2) is 0 Å². The number of aliphatic hydroxyl groups excluding tert-OH is 1. The summed E-state index contributed by atoms with van der Waals surface area (Å²) in [6.07, 6.45) is 0.340. The van der Waals surface area contributed by atoms with E-state index in [0.29, 0.717) is 11.4 Å². The molecule has 0 saturated carbocycles. The molecule has 0 aliphatic heterocycles. The van der Waals surface area contributed by atoms with Gasteiger partial charge in [-0.05, 0) is 38.5 Å². The van der Waals surface area contributed by atoms with Crippen LogP contribution in [0.1, 0.15) is 20.3 Å². The number of aliphatic hydroxyl groups is 1. The third-order valence-corrected chi connectivity index (χ3v) is 4.18. The molecule has 1 rings (SSSR count). The first-order chi connectivity index (χ1) is 7.77. The van der Waals surface area contributed by atoms with Gasteiger partial charge in [-0.25, -0.2) is 13.1 Å². The zero-order valence-electron chi connectivity index (χ0n) is 9.77. The molecule has 6 heteroatoms. The fourth-order valence-corrected chi connectivity index (χ4v) is 3.13. The summed E-state index contributed by atoms with van der Waals surface area (Å²) < 4.78 is 26.6. The van der Waals surface area contributed by atoms with Gasteiger partial charge < -0.3 is 5.11 Å². The highest BCUT2D eigenvalue weighted by Crippen LogP contribution is 2.18. The summed E-state index contributed by atoms with van der Waals surface area (Å²) in [5.74, 6) is 0. The van der Waals surface area contributed by atoms with Gasteiger partial charge in [-0.2, -0.15) is 0 Å². The summed E-state index contributed by atoms with van der Waals surface area (Å²) in [5, 5.41) is 9.23. The van der Waals surface area contributed by atoms with E-state index in [1.807, 2.05) is 0 Å². The molecule has 0 fully saturated rings. The van der Waals surface area contributed by atoms with E-state index in [9.17, 15) is 8.42 Å². The molecule has 0 radical (unpaired) electrons. The lowest BCUT2D eigenvalue weighted by atomic mass is 10.0. The molecule has 0 heterocycles. The van der Waals surface area contributed by atoms with Gasteiger partial charge in [0.2, 0.25) is 10.0 Å². The fraction of sp³-hybridized carbons (Fsp3) is 0.455. The van der Waals surface area contributed by atoms with Gasteiger partial charge in [0.1, 0.15) is 0 Å². The van der Waals surface area contributed by atoms with Crippen molar-refractivity contribution in [2.24, 2.45) is 0 Å². The molecule has 4 nitrogen and oxygen atoms in total. The van der Waals surface area contributed by atoms with Gasteiger partial charge in [0.05, 0.1) is 4.90 Å². The zero-order chi connectivity index (χ0) is 13.1. The maximum Gasteiger partial charge on any atom is 0.241 e. The number of benzene rings is 1. The predicted molar refractivity (Wildman–Crippen MR) is 67.6 cm³/mol. The van der Waals surface area contributed by atoms with Crippen molar-refractivity contribution in [3.05, 3.63) is 29.3 Å². The second kappa shape index (κ2) is 5.35. The second-order valence-corrected chi connectivity index (χ2v) is 6.54. The van der Waals surface area contributed by atoms with Crippen molar-refractivity contribution in [1.29, 1.82) is 0 Å². The standard InChI is InChI=1S/C11H16ClNO3S/c1-11(2,6-7-14)13-17(15,16)10-5-3-4-9(12)8-10/h3-5,8,13-14H,6-7H2,1-2H3. The van der Waals surface area contributed by atoms with Crippen molar-refractivity contribution in [3.8, 4) is 0 Å². The lowest BCUT2D eigenvalue weighted by Crippen LogP contribution is -2.43. The maximum atomic E-state index is 12.0. The average Bonchev–Trinajstić information content (AvgIpc) is 2.15. The molecular weight excluding hydrogens is 262 g/mol. The molecule has 0 spiro atoms. The van der Waals surface area contributed by atoms with Crippen LogP contribution in [0.5, 0.6) is 0 Å². The van der Waals surface area contributed by atoms with Crippen molar-refractivity contribution >= 4 is 21.6 Å². The second-order valence-electron chi connectivity index (χ2n) is 4.42. The Bertz CT molecular complexity index is 485. The van der Waals surface area contributed by atoms with Crippen LogP contribution in [0.2, 0.25) is 5.02 Å². The Hall–Kier alpha value is -0.620. The number of halogens is 1. The van der Waals surface area contributed by atoms with Gasteiger partial charge in [-0.15, -0.1) is 0 Å². The Labute approximate surface area is 107 Å². The molecule has 0 bridgehead atoms. The summed E-state index contributed by atoms with van der Waals surface area (Å²) in [6.45, 7) is 3.35. The van der Waals surface area contributed by atoms with Gasteiger partial charge in [-0.3, -0.25) is 0 Å². The molecule has 2 N–H and O–H groups in total. The van der Waals surface area contributed by atoms with E-state index in [4.69, 9.17) is 16.7 Å². The molecule has 0 unspecified atom stereocenters. The first-order valence-corrected chi connectivity index (χ1v) is 7.03. The summed E-state index contributed by atoms with van der Waals surface area (Å²) in [4.78, 5) is 0.121. The number of hydrogen-bond acceptors (Lipinski definition) is 3. The predicted octanol–water partition coefficient (Wildman–Crippen LogP) is 1.78. The molecule has 96 valence electrons. The first-order valence-electron chi connectivity index (χ1n) is 5.17. The minimum absolute atomic E-state index is 0.0783.